The first-order valence-electron chi connectivity index (χ1n) is 7.39. The number of nitrogens with one attached hydrogen (secondary N) is 2. The fraction of sp³-hybridized carbons (Fsp3) is 0.0588. The van der Waals surface area contributed by atoms with Gasteiger partial charge in [0.15, 0.2) is 5.13 Å². The summed E-state index contributed by atoms with van der Waals surface area (Å²) < 4.78 is 0. The van der Waals surface area contributed by atoms with E-state index in [1.165, 1.54) is 30.4 Å². The van der Waals surface area contributed by atoms with E-state index in [1.54, 1.807) is 12.1 Å². The van der Waals surface area contributed by atoms with E-state index in [1.807, 2.05) is 17.5 Å². The van der Waals surface area contributed by atoms with Crippen molar-refractivity contribution in [3.8, 4) is 11.3 Å². The third-order valence-electron chi connectivity index (χ3n) is 3.25. The van der Waals surface area contributed by atoms with Crippen LogP contribution in [0.15, 0.2) is 41.8 Å². The van der Waals surface area contributed by atoms with Crippen molar-refractivity contribution in [3.63, 3.8) is 0 Å². The molecule has 2 heterocycles. The Bertz CT molecular complexity index is 973. The van der Waals surface area contributed by atoms with E-state index in [9.17, 15) is 9.59 Å². The normalized spacial score (nSPS) is 10.4. The average molecular weight is 407 g/mol. The zero-order valence-corrected chi connectivity index (χ0v) is 15.7. The van der Waals surface area contributed by atoms with Crippen molar-refractivity contribution >= 4 is 57.2 Å². The number of benzene rings is 1. The van der Waals surface area contributed by atoms with Crippen molar-refractivity contribution in [1.82, 2.24) is 9.97 Å². The van der Waals surface area contributed by atoms with Crippen LogP contribution in [0, 0.1) is 0 Å². The second-order valence-electron chi connectivity index (χ2n) is 5.21. The van der Waals surface area contributed by atoms with E-state index in [2.05, 4.69) is 20.6 Å². The maximum Gasteiger partial charge on any atom is 0.277 e. The molecule has 0 aliphatic rings. The Hall–Kier alpha value is -2.48. The van der Waals surface area contributed by atoms with Crippen molar-refractivity contribution in [2.75, 3.05) is 10.6 Å². The van der Waals surface area contributed by atoms with Gasteiger partial charge in [0.05, 0.1) is 10.7 Å². The van der Waals surface area contributed by atoms with Crippen molar-refractivity contribution in [3.05, 3.63) is 57.6 Å². The summed E-state index contributed by atoms with van der Waals surface area (Å²) in [5.74, 6) is -0.621. The minimum atomic E-state index is -0.487. The molecule has 0 saturated carbocycles. The summed E-state index contributed by atoms with van der Waals surface area (Å²) in [5.41, 5.74) is 2.29. The molecule has 0 radical (unpaired) electrons. The monoisotopic (exact) mass is 406 g/mol. The fourth-order valence-corrected chi connectivity index (χ4v) is 3.18. The molecule has 0 aliphatic heterocycles. The molecule has 0 bridgehead atoms. The maximum atomic E-state index is 12.3. The first-order valence-corrected chi connectivity index (χ1v) is 9.03. The highest BCUT2D eigenvalue weighted by atomic mass is 35.5. The molecule has 2 N–H and O–H groups in total. The molecule has 0 spiro atoms. The van der Waals surface area contributed by atoms with Gasteiger partial charge < -0.3 is 5.32 Å². The summed E-state index contributed by atoms with van der Waals surface area (Å²) in [6.07, 6.45) is 0. The van der Waals surface area contributed by atoms with Crippen LogP contribution in [0.2, 0.25) is 10.2 Å². The Morgan fingerprint density at radius 3 is 2.42 bits per heavy atom. The Morgan fingerprint density at radius 1 is 1.00 bits per heavy atom. The number of carbonyl (C=O) groups excluding carboxylic acids is 2. The first kappa shape index (κ1) is 18.3. The quantitative estimate of drug-likeness (QED) is 0.613. The summed E-state index contributed by atoms with van der Waals surface area (Å²) in [6.45, 7) is 1.45. The maximum absolute atomic E-state index is 12.3. The van der Waals surface area contributed by atoms with Gasteiger partial charge in [-0.1, -0.05) is 35.3 Å². The number of carbonyl (C=O) groups is 2. The summed E-state index contributed by atoms with van der Waals surface area (Å²) in [7, 11) is 0. The zero-order valence-electron chi connectivity index (χ0n) is 13.4. The second kappa shape index (κ2) is 7.82. The van der Waals surface area contributed by atoms with Gasteiger partial charge in [-0.15, -0.1) is 11.3 Å². The summed E-state index contributed by atoms with van der Waals surface area (Å²) in [6, 6.07) is 10.2. The van der Waals surface area contributed by atoms with Gasteiger partial charge >= 0.3 is 0 Å². The van der Waals surface area contributed by atoms with E-state index < -0.39 is 5.91 Å². The molecule has 0 aliphatic carbocycles. The zero-order chi connectivity index (χ0) is 18.7. The molecule has 3 rings (SSSR count). The van der Waals surface area contributed by atoms with Crippen LogP contribution in [0.4, 0.5) is 10.8 Å². The van der Waals surface area contributed by atoms with Crippen LogP contribution in [0.25, 0.3) is 11.3 Å². The van der Waals surface area contributed by atoms with Gasteiger partial charge in [-0.3, -0.25) is 14.9 Å². The number of nitrogens with zero attached hydrogens (tertiary/aromatic N) is 2. The standard InChI is InChI=1S/C17H12Cl2N4O2S/c1-9(24)20-11-4-2-10(3-5-11)13-8-26-17(21-13)23-16(25)15-12(18)6-7-14(19)22-15/h2-8H,1H3,(H,20,24)(H,21,23,25). The average Bonchev–Trinajstić information content (AvgIpc) is 3.05. The Balaban J connectivity index is 1.74. The van der Waals surface area contributed by atoms with Crippen LogP contribution in [-0.4, -0.2) is 21.8 Å². The number of hydrogen-bond donors (Lipinski definition) is 2. The number of anilines is 2. The van der Waals surface area contributed by atoms with E-state index >= 15 is 0 Å². The minimum absolute atomic E-state index is 0.0376. The largest absolute Gasteiger partial charge is 0.326 e. The molecule has 1 aromatic carbocycles. The van der Waals surface area contributed by atoms with E-state index in [0.29, 0.717) is 16.5 Å². The van der Waals surface area contributed by atoms with Crippen molar-refractivity contribution < 1.29 is 9.59 Å². The molecule has 6 nitrogen and oxygen atoms in total. The molecule has 0 atom stereocenters. The first-order chi connectivity index (χ1) is 12.4. The third-order valence-corrected chi connectivity index (χ3v) is 4.53. The van der Waals surface area contributed by atoms with E-state index in [-0.39, 0.29) is 21.8 Å². The molecule has 9 heteroatoms. The number of hydrogen-bond acceptors (Lipinski definition) is 5. The fourth-order valence-electron chi connectivity index (χ4n) is 2.13. The molecular formula is C17H12Cl2N4O2S. The van der Waals surface area contributed by atoms with Crippen LogP contribution in [0.5, 0.6) is 0 Å². The lowest BCUT2D eigenvalue weighted by Gasteiger charge is -2.04. The van der Waals surface area contributed by atoms with Crippen LogP contribution in [0.3, 0.4) is 0 Å². The smallest absolute Gasteiger partial charge is 0.277 e. The summed E-state index contributed by atoms with van der Waals surface area (Å²) >= 11 is 13.1. The van der Waals surface area contributed by atoms with Crippen molar-refractivity contribution in [2.24, 2.45) is 0 Å². The van der Waals surface area contributed by atoms with Gasteiger partial charge in [-0.25, -0.2) is 9.97 Å². The highest BCUT2D eigenvalue weighted by molar-refractivity contribution is 7.14. The van der Waals surface area contributed by atoms with E-state index in [4.69, 9.17) is 23.2 Å². The highest BCUT2D eigenvalue weighted by Crippen LogP contribution is 2.27. The van der Waals surface area contributed by atoms with Gasteiger partial charge in [0.25, 0.3) is 5.91 Å². The Morgan fingerprint density at radius 2 is 1.73 bits per heavy atom. The third kappa shape index (κ3) is 4.37. The Labute approximate surface area is 163 Å². The van der Waals surface area contributed by atoms with Gasteiger partial charge in [0.2, 0.25) is 5.91 Å². The Kier molecular flexibility index (Phi) is 5.51. The molecular weight excluding hydrogens is 395 g/mol. The molecule has 2 aromatic heterocycles. The molecule has 0 fully saturated rings. The van der Waals surface area contributed by atoms with Crippen LogP contribution >= 0.6 is 34.5 Å². The van der Waals surface area contributed by atoms with E-state index in [0.717, 1.165) is 5.56 Å². The van der Waals surface area contributed by atoms with Gasteiger partial charge in [-0.05, 0) is 24.3 Å². The topological polar surface area (TPSA) is 84.0 Å². The lowest BCUT2D eigenvalue weighted by molar-refractivity contribution is -0.114. The minimum Gasteiger partial charge on any atom is -0.326 e. The number of amides is 2. The summed E-state index contributed by atoms with van der Waals surface area (Å²) in [4.78, 5) is 31.7. The lowest BCUT2D eigenvalue weighted by atomic mass is 10.1. The van der Waals surface area contributed by atoms with Crippen LogP contribution in [-0.2, 0) is 4.79 Å². The van der Waals surface area contributed by atoms with Gasteiger partial charge in [0, 0.05) is 23.6 Å². The molecule has 0 unspecified atom stereocenters. The van der Waals surface area contributed by atoms with Crippen LogP contribution in [0.1, 0.15) is 17.4 Å². The van der Waals surface area contributed by atoms with Crippen molar-refractivity contribution in [2.45, 2.75) is 6.92 Å². The van der Waals surface area contributed by atoms with Crippen LogP contribution < -0.4 is 10.6 Å². The number of aromatic nitrogens is 2. The molecule has 0 saturated heterocycles. The van der Waals surface area contributed by atoms with Crippen molar-refractivity contribution in [1.29, 1.82) is 0 Å². The number of pyridine rings is 1. The van der Waals surface area contributed by atoms with Gasteiger partial charge in [-0.2, -0.15) is 0 Å². The number of rotatable bonds is 4. The highest BCUT2D eigenvalue weighted by Gasteiger charge is 2.15. The SMILES string of the molecule is CC(=O)Nc1ccc(-c2csc(NC(=O)c3nc(Cl)ccc3Cl)n2)cc1. The predicted molar refractivity (Wildman–Crippen MR) is 104 cm³/mol. The van der Waals surface area contributed by atoms with Gasteiger partial charge in [0.1, 0.15) is 10.8 Å². The second-order valence-corrected chi connectivity index (χ2v) is 6.87. The molecule has 2 amide bonds. The predicted octanol–water partition coefficient (Wildman–Crippen LogP) is 4.72. The summed E-state index contributed by atoms with van der Waals surface area (Å²) in [5, 5.41) is 7.97. The number of halogens is 2. The molecule has 26 heavy (non-hydrogen) atoms. The lowest BCUT2D eigenvalue weighted by Crippen LogP contribution is -2.14. The molecule has 132 valence electrons. The molecule has 3 aromatic rings. The number of thiazole rings is 1.